The van der Waals surface area contributed by atoms with E-state index in [1.54, 1.807) is 11.3 Å². The van der Waals surface area contributed by atoms with E-state index in [9.17, 15) is 9.59 Å². The minimum atomic E-state index is -0.275. The first-order valence-electron chi connectivity index (χ1n) is 10.2. The number of fused-ring (bicyclic) bond motifs is 3. The molecule has 4 nitrogen and oxygen atoms in total. The lowest BCUT2D eigenvalue weighted by atomic mass is 9.88. The van der Waals surface area contributed by atoms with E-state index >= 15 is 0 Å². The number of hydrogen-bond acceptors (Lipinski definition) is 4. The number of carbonyl (C=O) groups excluding carboxylic acids is 2. The summed E-state index contributed by atoms with van der Waals surface area (Å²) in [5, 5.41) is 3.88. The predicted octanol–water partition coefficient (Wildman–Crippen LogP) is 4.96. The maximum Gasteiger partial charge on any atom is 0.341 e. The number of esters is 1. The summed E-state index contributed by atoms with van der Waals surface area (Å²) < 4.78 is 5.52. The summed E-state index contributed by atoms with van der Waals surface area (Å²) in [4.78, 5) is 27.0. The van der Waals surface area contributed by atoms with Crippen molar-refractivity contribution >= 4 is 28.2 Å². The van der Waals surface area contributed by atoms with Crippen LogP contribution in [0.4, 0.5) is 5.00 Å². The lowest BCUT2D eigenvalue weighted by Crippen LogP contribution is -2.27. The number of aryl methyl sites for hydroxylation is 1. The number of thiophene rings is 1. The molecule has 3 aliphatic rings. The van der Waals surface area contributed by atoms with Gasteiger partial charge < -0.3 is 10.1 Å². The minimum Gasteiger partial charge on any atom is -0.459 e. The van der Waals surface area contributed by atoms with Crippen LogP contribution in [0.3, 0.4) is 0 Å². The van der Waals surface area contributed by atoms with Gasteiger partial charge in [-0.15, -0.1) is 11.3 Å². The van der Waals surface area contributed by atoms with Gasteiger partial charge in [-0.3, -0.25) is 4.79 Å². The number of rotatable bonds is 4. The monoisotopic (exact) mass is 375 g/mol. The minimum absolute atomic E-state index is 0.118. The molecule has 3 atom stereocenters. The Balaban J connectivity index is 1.60. The van der Waals surface area contributed by atoms with E-state index in [-0.39, 0.29) is 23.9 Å². The molecule has 1 heterocycles. The highest BCUT2D eigenvalue weighted by atomic mass is 32.1. The second-order valence-electron chi connectivity index (χ2n) is 8.49. The zero-order valence-electron chi connectivity index (χ0n) is 15.8. The zero-order valence-corrected chi connectivity index (χ0v) is 16.6. The van der Waals surface area contributed by atoms with Crippen molar-refractivity contribution in [1.29, 1.82) is 0 Å². The van der Waals surface area contributed by atoms with E-state index in [1.165, 1.54) is 30.6 Å². The molecule has 1 aromatic heterocycles. The van der Waals surface area contributed by atoms with E-state index in [2.05, 4.69) is 5.32 Å². The molecule has 1 N–H and O–H groups in total. The highest BCUT2D eigenvalue weighted by Crippen LogP contribution is 2.49. The molecule has 26 heavy (non-hydrogen) atoms. The van der Waals surface area contributed by atoms with Gasteiger partial charge in [-0.05, 0) is 76.2 Å². The molecular weight excluding hydrogens is 346 g/mol. The van der Waals surface area contributed by atoms with Crippen LogP contribution in [-0.2, 0) is 22.4 Å². The Morgan fingerprint density at radius 3 is 2.62 bits per heavy atom. The number of ether oxygens (including phenoxy) is 1. The van der Waals surface area contributed by atoms with Crippen molar-refractivity contribution in [3.8, 4) is 0 Å². The largest absolute Gasteiger partial charge is 0.459 e. The van der Waals surface area contributed by atoms with Crippen LogP contribution in [0.1, 0.15) is 79.6 Å². The third kappa shape index (κ3) is 3.42. The van der Waals surface area contributed by atoms with Crippen LogP contribution in [0.5, 0.6) is 0 Å². The summed E-state index contributed by atoms with van der Waals surface area (Å²) in [5.41, 5.74) is 1.76. The first-order chi connectivity index (χ1) is 12.5. The van der Waals surface area contributed by atoms with Crippen molar-refractivity contribution < 1.29 is 14.3 Å². The predicted molar refractivity (Wildman–Crippen MR) is 104 cm³/mol. The van der Waals surface area contributed by atoms with E-state index in [4.69, 9.17) is 4.74 Å². The number of amides is 1. The molecule has 0 spiro atoms. The molecule has 2 fully saturated rings. The fourth-order valence-electron chi connectivity index (χ4n) is 5.09. The number of nitrogens with one attached hydrogen (secondary N) is 1. The Bertz CT molecular complexity index is 708. The highest BCUT2D eigenvalue weighted by Gasteiger charge is 2.43. The van der Waals surface area contributed by atoms with Crippen LogP contribution < -0.4 is 5.32 Å². The lowest BCUT2D eigenvalue weighted by molar-refractivity contribution is -0.121. The summed E-state index contributed by atoms with van der Waals surface area (Å²) in [6.45, 7) is 3.74. The fourth-order valence-corrected chi connectivity index (χ4v) is 6.37. The Kier molecular flexibility index (Phi) is 5.09. The van der Waals surface area contributed by atoms with Crippen LogP contribution in [0.25, 0.3) is 0 Å². The van der Waals surface area contributed by atoms with Crippen molar-refractivity contribution in [2.75, 3.05) is 5.32 Å². The molecule has 1 amide bonds. The Morgan fingerprint density at radius 1 is 1.12 bits per heavy atom. The van der Waals surface area contributed by atoms with Crippen LogP contribution in [-0.4, -0.2) is 18.0 Å². The molecule has 1 aromatic rings. The summed E-state index contributed by atoms with van der Waals surface area (Å²) in [7, 11) is 0. The standard InChI is InChI=1S/C21H29NO3S/c1-12(2)25-21(24)18-15-6-4-3-5-7-17(15)26-20(18)22-19(23)16-11-13-8-9-14(16)10-13/h12-14,16H,3-11H2,1-2H3,(H,22,23)/t13-,14-,16-/m0/s1. The van der Waals surface area contributed by atoms with E-state index in [0.717, 1.165) is 48.6 Å². The van der Waals surface area contributed by atoms with Gasteiger partial charge in [0.15, 0.2) is 0 Å². The van der Waals surface area contributed by atoms with E-state index in [0.29, 0.717) is 11.5 Å². The molecule has 0 aliphatic heterocycles. The van der Waals surface area contributed by atoms with E-state index in [1.807, 2.05) is 13.8 Å². The summed E-state index contributed by atoms with van der Waals surface area (Å²) in [5.74, 6) is 1.25. The molecule has 3 aliphatic carbocycles. The van der Waals surface area contributed by atoms with E-state index < -0.39 is 0 Å². The van der Waals surface area contributed by atoms with Crippen LogP contribution in [0.15, 0.2) is 0 Å². The smallest absolute Gasteiger partial charge is 0.341 e. The second kappa shape index (κ2) is 7.34. The maximum atomic E-state index is 12.9. The average molecular weight is 376 g/mol. The quantitative estimate of drug-likeness (QED) is 0.598. The second-order valence-corrected chi connectivity index (χ2v) is 9.60. The number of anilines is 1. The SMILES string of the molecule is CC(C)OC(=O)c1c(NC(=O)[C@H]2C[C@H]3CC[C@H]2C3)sc2c1CCCCC2. The van der Waals surface area contributed by atoms with Crippen LogP contribution >= 0.6 is 11.3 Å². The number of hydrogen-bond donors (Lipinski definition) is 1. The molecule has 5 heteroatoms. The topological polar surface area (TPSA) is 55.4 Å². The molecule has 4 rings (SSSR count). The molecule has 0 radical (unpaired) electrons. The lowest BCUT2D eigenvalue weighted by Gasteiger charge is -2.20. The van der Waals surface area contributed by atoms with Gasteiger partial charge in [0.2, 0.25) is 5.91 Å². The molecule has 142 valence electrons. The Labute approximate surface area is 159 Å². The van der Waals surface area contributed by atoms with Crippen molar-refractivity contribution in [2.45, 2.75) is 77.7 Å². The van der Waals surface area contributed by atoms with Gasteiger partial charge >= 0.3 is 5.97 Å². The summed E-state index contributed by atoms with van der Waals surface area (Å²) >= 11 is 1.61. The Morgan fingerprint density at radius 2 is 1.92 bits per heavy atom. The first kappa shape index (κ1) is 18.0. The van der Waals surface area contributed by atoms with Gasteiger partial charge in [-0.2, -0.15) is 0 Å². The molecule has 0 unspecified atom stereocenters. The summed E-state index contributed by atoms with van der Waals surface area (Å²) in [6, 6.07) is 0. The molecule has 0 aromatic carbocycles. The summed E-state index contributed by atoms with van der Waals surface area (Å²) in [6.07, 6.45) is 9.93. The third-order valence-corrected chi connectivity index (χ3v) is 7.49. The molecule has 2 saturated carbocycles. The normalized spacial score (nSPS) is 27.3. The van der Waals surface area contributed by atoms with Crippen LogP contribution in [0, 0.1) is 17.8 Å². The van der Waals surface area contributed by atoms with Crippen LogP contribution in [0.2, 0.25) is 0 Å². The van der Waals surface area contributed by atoms with Crippen molar-refractivity contribution in [3.05, 3.63) is 16.0 Å². The van der Waals surface area contributed by atoms with Crippen molar-refractivity contribution in [1.82, 2.24) is 0 Å². The van der Waals surface area contributed by atoms with Gasteiger partial charge in [-0.1, -0.05) is 12.8 Å². The Hall–Kier alpha value is -1.36. The van der Waals surface area contributed by atoms with Gasteiger partial charge in [0.25, 0.3) is 0 Å². The van der Waals surface area contributed by atoms with Crippen molar-refractivity contribution in [2.24, 2.45) is 17.8 Å². The fraction of sp³-hybridized carbons (Fsp3) is 0.714. The van der Waals surface area contributed by atoms with Crippen molar-refractivity contribution in [3.63, 3.8) is 0 Å². The zero-order chi connectivity index (χ0) is 18.3. The van der Waals surface area contributed by atoms with Gasteiger partial charge in [0.05, 0.1) is 11.7 Å². The average Bonchev–Trinajstić information content (AvgIpc) is 3.25. The molecular formula is C21H29NO3S. The highest BCUT2D eigenvalue weighted by molar-refractivity contribution is 7.17. The third-order valence-electron chi connectivity index (χ3n) is 6.28. The maximum absolute atomic E-state index is 12.9. The van der Waals surface area contributed by atoms with Gasteiger partial charge in [-0.25, -0.2) is 4.79 Å². The number of carbonyl (C=O) groups is 2. The van der Waals surface area contributed by atoms with Gasteiger partial charge in [0, 0.05) is 10.8 Å². The molecule has 0 saturated heterocycles. The molecule has 2 bridgehead atoms. The first-order valence-corrected chi connectivity index (χ1v) is 11.0. The van der Waals surface area contributed by atoms with Gasteiger partial charge in [0.1, 0.15) is 5.00 Å².